The number of ketones is 1. The summed E-state index contributed by atoms with van der Waals surface area (Å²) in [6, 6.07) is 0.284. The van der Waals surface area contributed by atoms with Crippen molar-refractivity contribution in [2.45, 2.75) is 39.2 Å². The predicted molar refractivity (Wildman–Crippen MR) is 53.9 cm³/mol. The van der Waals surface area contributed by atoms with Gasteiger partial charge in [0.25, 0.3) is 0 Å². The standard InChI is InChI=1S/C11H16N2O/c1-11(2)9(4-3-5-10(11)14)13-7-6-12-8-13/h6-9H,3-5H2,1-2H3. The topological polar surface area (TPSA) is 34.9 Å². The molecular weight excluding hydrogens is 176 g/mol. The van der Waals surface area contributed by atoms with Gasteiger partial charge >= 0.3 is 0 Å². The molecule has 1 aliphatic carbocycles. The summed E-state index contributed by atoms with van der Waals surface area (Å²) in [5, 5.41) is 0. The molecule has 76 valence electrons. The summed E-state index contributed by atoms with van der Waals surface area (Å²) in [4.78, 5) is 15.8. The smallest absolute Gasteiger partial charge is 0.140 e. The molecule has 0 aromatic carbocycles. The van der Waals surface area contributed by atoms with E-state index in [-0.39, 0.29) is 11.5 Å². The number of Topliss-reactive ketones (excluding diaryl/α,β-unsaturated/α-hetero) is 1. The highest BCUT2D eigenvalue weighted by molar-refractivity contribution is 5.85. The third kappa shape index (κ3) is 1.37. The Morgan fingerprint density at radius 1 is 1.57 bits per heavy atom. The van der Waals surface area contributed by atoms with Gasteiger partial charge in [0.05, 0.1) is 6.33 Å². The molecule has 1 fully saturated rings. The summed E-state index contributed by atoms with van der Waals surface area (Å²) in [7, 11) is 0. The second kappa shape index (κ2) is 3.23. The molecule has 0 aliphatic heterocycles. The average molecular weight is 192 g/mol. The molecule has 2 rings (SSSR count). The maximum atomic E-state index is 11.8. The number of aromatic nitrogens is 2. The van der Waals surface area contributed by atoms with Gasteiger partial charge in [-0.25, -0.2) is 4.98 Å². The molecule has 1 saturated carbocycles. The lowest BCUT2D eigenvalue weighted by Gasteiger charge is -2.37. The Morgan fingerprint density at radius 2 is 2.36 bits per heavy atom. The van der Waals surface area contributed by atoms with Gasteiger partial charge in [-0.3, -0.25) is 4.79 Å². The zero-order chi connectivity index (χ0) is 10.2. The minimum Gasteiger partial charge on any atom is -0.333 e. The quantitative estimate of drug-likeness (QED) is 0.683. The Balaban J connectivity index is 2.30. The fourth-order valence-electron chi connectivity index (χ4n) is 2.30. The molecule has 1 heterocycles. The highest BCUT2D eigenvalue weighted by Gasteiger charge is 2.39. The molecule has 0 saturated heterocycles. The number of carbonyl (C=O) groups is 1. The van der Waals surface area contributed by atoms with E-state index in [1.165, 1.54) is 0 Å². The molecule has 3 heteroatoms. The highest BCUT2D eigenvalue weighted by Crippen LogP contribution is 2.40. The molecule has 0 N–H and O–H groups in total. The maximum absolute atomic E-state index is 11.8. The third-order valence-electron chi connectivity index (χ3n) is 3.32. The maximum Gasteiger partial charge on any atom is 0.140 e. The van der Waals surface area contributed by atoms with Crippen LogP contribution < -0.4 is 0 Å². The van der Waals surface area contributed by atoms with E-state index in [4.69, 9.17) is 0 Å². The van der Waals surface area contributed by atoms with E-state index in [0.29, 0.717) is 5.78 Å². The monoisotopic (exact) mass is 192 g/mol. The number of hydrogen-bond acceptors (Lipinski definition) is 2. The first-order valence-electron chi connectivity index (χ1n) is 5.13. The van der Waals surface area contributed by atoms with Crippen molar-refractivity contribution in [1.29, 1.82) is 0 Å². The Kier molecular flexibility index (Phi) is 2.17. The van der Waals surface area contributed by atoms with Crippen LogP contribution >= 0.6 is 0 Å². The van der Waals surface area contributed by atoms with E-state index >= 15 is 0 Å². The average Bonchev–Trinajstić information content (AvgIpc) is 2.62. The van der Waals surface area contributed by atoms with Crippen LogP contribution in [0.15, 0.2) is 18.7 Å². The summed E-state index contributed by atoms with van der Waals surface area (Å²) in [5.74, 6) is 0.377. The molecule has 1 atom stereocenters. The minimum atomic E-state index is -0.237. The third-order valence-corrected chi connectivity index (χ3v) is 3.32. The Hall–Kier alpha value is -1.12. The molecule has 1 aromatic heterocycles. The van der Waals surface area contributed by atoms with Crippen molar-refractivity contribution in [2.75, 3.05) is 0 Å². The number of imidazole rings is 1. The molecule has 0 spiro atoms. The van der Waals surface area contributed by atoms with Gasteiger partial charge in [-0.15, -0.1) is 0 Å². The van der Waals surface area contributed by atoms with Gasteiger partial charge in [-0.2, -0.15) is 0 Å². The largest absolute Gasteiger partial charge is 0.333 e. The van der Waals surface area contributed by atoms with E-state index in [0.717, 1.165) is 19.3 Å². The van der Waals surface area contributed by atoms with E-state index in [2.05, 4.69) is 9.55 Å². The summed E-state index contributed by atoms with van der Waals surface area (Å²) >= 11 is 0. The Labute approximate surface area is 84.1 Å². The zero-order valence-corrected chi connectivity index (χ0v) is 8.73. The van der Waals surface area contributed by atoms with Crippen molar-refractivity contribution >= 4 is 5.78 Å². The van der Waals surface area contributed by atoms with Gasteiger partial charge in [0.15, 0.2) is 0 Å². The van der Waals surface area contributed by atoms with Gasteiger partial charge in [0.2, 0.25) is 0 Å². The van der Waals surface area contributed by atoms with E-state index < -0.39 is 0 Å². The minimum absolute atomic E-state index is 0.237. The van der Waals surface area contributed by atoms with Crippen molar-refractivity contribution in [2.24, 2.45) is 5.41 Å². The highest BCUT2D eigenvalue weighted by atomic mass is 16.1. The fourth-order valence-corrected chi connectivity index (χ4v) is 2.30. The first kappa shape index (κ1) is 9.44. The van der Waals surface area contributed by atoms with Gasteiger partial charge in [-0.05, 0) is 12.8 Å². The zero-order valence-electron chi connectivity index (χ0n) is 8.73. The van der Waals surface area contributed by atoms with E-state index in [1.54, 1.807) is 6.20 Å². The first-order chi connectivity index (χ1) is 6.62. The van der Waals surface area contributed by atoms with E-state index in [1.807, 2.05) is 26.4 Å². The summed E-state index contributed by atoms with van der Waals surface area (Å²) in [6.07, 6.45) is 8.35. The van der Waals surface area contributed by atoms with Gasteiger partial charge in [0.1, 0.15) is 5.78 Å². The Morgan fingerprint density at radius 3 is 3.00 bits per heavy atom. The van der Waals surface area contributed by atoms with Crippen molar-refractivity contribution in [1.82, 2.24) is 9.55 Å². The molecule has 0 amide bonds. The SMILES string of the molecule is CC1(C)C(=O)CCCC1n1ccnc1. The molecule has 1 aromatic rings. The Bertz CT molecular complexity index is 327. The van der Waals surface area contributed by atoms with E-state index in [9.17, 15) is 4.79 Å². The summed E-state index contributed by atoms with van der Waals surface area (Å²) < 4.78 is 2.07. The second-order valence-corrected chi connectivity index (χ2v) is 4.56. The first-order valence-corrected chi connectivity index (χ1v) is 5.13. The molecule has 3 nitrogen and oxygen atoms in total. The molecule has 1 unspecified atom stereocenters. The van der Waals surface area contributed by atoms with Crippen LogP contribution in [0.5, 0.6) is 0 Å². The van der Waals surface area contributed by atoms with Crippen LogP contribution in [0.2, 0.25) is 0 Å². The van der Waals surface area contributed by atoms with Crippen LogP contribution in [0.3, 0.4) is 0 Å². The van der Waals surface area contributed by atoms with Crippen LogP contribution in [0.4, 0.5) is 0 Å². The molecule has 0 bridgehead atoms. The number of carbonyl (C=O) groups excluding carboxylic acids is 1. The van der Waals surface area contributed by atoms with Crippen LogP contribution in [0.25, 0.3) is 0 Å². The van der Waals surface area contributed by atoms with Crippen LogP contribution in [-0.2, 0) is 4.79 Å². The number of hydrogen-bond donors (Lipinski definition) is 0. The van der Waals surface area contributed by atoms with Crippen LogP contribution in [0, 0.1) is 5.41 Å². The van der Waals surface area contributed by atoms with Crippen molar-refractivity contribution in [3.63, 3.8) is 0 Å². The summed E-state index contributed by atoms with van der Waals surface area (Å²) in [6.45, 7) is 4.08. The van der Waals surface area contributed by atoms with Crippen molar-refractivity contribution in [3.05, 3.63) is 18.7 Å². The van der Waals surface area contributed by atoms with Gasteiger partial charge in [0, 0.05) is 30.3 Å². The fraction of sp³-hybridized carbons (Fsp3) is 0.636. The predicted octanol–water partition coefficient (Wildman–Crippen LogP) is 2.20. The van der Waals surface area contributed by atoms with Crippen LogP contribution in [-0.4, -0.2) is 15.3 Å². The molecule has 14 heavy (non-hydrogen) atoms. The molecule has 0 radical (unpaired) electrons. The van der Waals surface area contributed by atoms with Crippen molar-refractivity contribution < 1.29 is 4.79 Å². The second-order valence-electron chi connectivity index (χ2n) is 4.56. The van der Waals surface area contributed by atoms with Gasteiger partial charge in [-0.1, -0.05) is 13.8 Å². The van der Waals surface area contributed by atoms with Crippen LogP contribution in [0.1, 0.15) is 39.2 Å². The van der Waals surface area contributed by atoms with Crippen molar-refractivity contribution in [3.8, 4) is 0 Å². The number of rotatable bonds is 1. The molecular formula is C11H16N2O. The summed E-state index contributed by atoms with van der Waals surface area (Å²) in [5.41, 5.74) is -0.237. The lowest BCUT2D eigenvalue weighted by atomic mass is 9.72. The normalized spacial score (nSPS) is 26.4. The molecule has 1 aliphatic rings. The van der Waals surface area contributed by atoms with Gasteiger partial charge < -0.3 is 4.57 Å². The number of nitrogens with zero attached hydrogens (tertiary/aromatic N) is 2. The lowest BCUT2D eigenvalue weighted by Crippen LogP contribution is -2.37. The lowest BCUT2D eigenvalue weighted by molar-refractivity contribution is -0.132.